The van der Waals surface area contributed by atoms with Gasteiger partial charge in [-0.25, -0.2) is 13.8 Å². The van der Waals surface area contributed by atoms with Gasteiger partial charge in [0.2, 0.25) is 0 Å². The topological polar surface area (TPSA) is 47.8 Å². The normalized spacial score (nSPS) is 11.6. The van der Waals surface area contributed by atoms with Crippen molar-refractivity contribution in [3.05, 3.63) is 75.3 Å². The van der Waals surface area contributed by atoms with Crippen molar-refractivity contribution in [2.75, 3.05) is 0 Å². The molecule has 1 aromatic carbocycles. The Morgan fingerprint density at radius 1 is 1.04 bits per heavy atom. The van der Waals surface area contributed by atoms with E-state index in [0.29, 0.717) is 6.20 Å². The van der Waals surface area contributed by atoms with Crippen LogP contribution in [0, 0.1) is 11.6 Å². The third-order valence-electron chi connectivity index (χ3n) is 3.30. The fourth-order valence-corrected chi connectivity index (χ4v) is 3.07. The van der Waals surface area contributed by atoms with Crippen molar-refractivity contribution in [2.24, 2.45) is 0 Å². The van der Waals surface area contributed by atoms with E-state index in [2.05, 4.69) is 10.1 Å². The van der Waals surface area contributed by atoms with Gasteiger partial charge in [0.05, 0.1) is 16.7 Å². The Balaban J connectivity index is 1.93. The van der Waals surface area contributed by atoms with Crippen molar-refractivity contribution >= 4 is 23.4 Å². The van der Waals surface area contributed by atoms with E-state index in [-0.39, 0.29) is 20.6 Å². The van der Waals surface area contributed by atoms with Crippen LogP contribution in [0.2, 0.25) is 5.02 Å². The van der Waals surface area contributed by atoms with E-state index in [1.807, 2.05) is 0 Å². The van der Waals surface area contributed by atoms with E-state index >= 15 is 0 Å². The molecule has 3 rings (SSSR count). The minimum atomic E-state index is -4.56. The van der Waals surface area contributed by atoms with Crippen molar-refractivity contribution in [1.82, 2.24) is 14.8 Å². The molecule has 3 aromatic rings. The predicted molar refractivity (Wildman–Crippen MR) is 88.1 cm³/mol. The molecule has 0 aliphatic heterocycles. The molecule has 0 saturated carbocycles. The molecule has 2 heterocycles. The number of nitrogens with zero attached hydrogens (tertiary/aromatic N) is 3. The van der Waals surface area contributed by atoms with Gasteiger partial charge in [-0.15, -0.1) is 0 Å². The number of hydrogen-bond acceptors (Lipinski definition) is 4. The molecular weight excluding hydrogens is 413 g/mol. The average Bonchev–Trinajstić information content (AvgIpc) is 2.62. The lowest BCUT2D eigenvalue weighted by atomic mass is 10.3. The molecule has 140 valence electrons. The van der Waals surface area contributed by atoms with Gasteiger partial charge >= 0.3 is 6.18 Å². The molecule has 0 N–H and O–H groups in total. The Hall–Kier alpha value is -2.46. The van der Waals surface area contributed by atoms with Crippen LogP contribution in [0.3, 0.4) is 0 Å². The predicted octanol–water partition coefficient (Wildman–Crippen LogP) is 4.73. The summed E-state index contributed by atoms with van der Waals surface area (Å²) in [6.07, 6.45) is -2.82. The molecule has 4 nitrogen and oxygen atoms in total. The summed E-state index contributed by atoms with van der Waals surface area (Å²) >= 11 is 6.88. The Labute approximate surface area is 157 Å². The van der Waals surface area contributed by atoms with E-state index < -0.39 is 28.9 Å². The Morgan fingerprint density at radius 3 is 2.37 bits per heavy atom. The van der Waals surface area contributed by atoms with Crippen LogP contribution in [0.25, 0.3) is 5.82 Å². The first-order valence-corrected chi connectivity index (χ1v) is 8.30. The van der Waals surface area contributed by atoms with Gasteiger partial charge in [0.15, 0.2) is 17.5 Å². The summed E-state index contributed by atoms with van der Waals surface area (Å²) in [7, 11) is 0. The molecule has 0 amide bonds. The van der Waals surface area contributed by atoms with Crippen LogP contribution in [-0.4, -0.2) is 14.8 Å². The second kappa shape index (κ2) is 7.28. The highest BCUT2D eigenvalue weighted by Crippen LogP contribution is 2.32. The summed E-state index contributed by atoms with van der Waals surface area (Å²) in [4.78, 5) is 16.4. The first-order chi connectivity index (χ1) is 12.7. The zero-order valence-corrected chi connectivity index (χ0v) is 14.5. The molecule has 0 radical (unpaired) electrons. The number of alkyl halides is 3. The smallest absolute Gasteiger partial charge is 0.266 e. The summed E-state index contributed by atoms with van der Waals surface area (Å²) in [5.74, 6) is -2.24. The average molecular weight is 420 g/mol. The number of aromatic nitrogens is 3. The molecule has 0 aliphatic rings. The van der Waals surface area contributed by atoms with Gasteiger partial charge in [0, 0.05) is 11.1 Å². The Kier molecular flexibility index (Phi) is 5.20. The summed E-state index contributed by atoms with van der Waals surface area (Å²) in [6.45, 7) is 0. The van der Waals surface area contributed by atoms with E-state index in [0.717, 1.165) is 40.7 Å². The Morgan fingerprint density at radius 2 is 1.78 bits per heavy atom. The zero-order valence-electron chi connectivity index (χ0n) is 13.0. The third kappa shape index (κ3) is 4.11. The van der Waals surface area contributed by atoms with Crippen LogP contribution < -0.4 is 5.56 Å². The molecule has 0 aliphatic carbocycles. The standard InChI is InChI=1S/C16H7ClF5N3OS/c17-14-12(27-9-2-3-10(18)11(19)5-9)7-24-25(15(14)26)13-4-1-8(6-23-13)16(20,21)22/h1-7H. The highest BCUT2D eigenvalue weighted by Gasteiger charge is 2.30. The maximum Gasteiger partial charge on any atom is 0.417 e. The first-order valence-electron chi connectivity index (χ1n) is 7.11. The number of pyridine rings is 1. The Bertz CT molecular complexity index is 1050. The maximum atomic E-state index is 13.3. The number of rotatable bonds is 3. The van der Waals surface area contributed by atoms with Crippen molar-refractivity contribution in [2.45, 2.75) is 16.0 Å². The summed E-state index contributed by atoms with van der Waals surface area (Å²) < 4.78 is 64.7. The van der Waals surface area contributed by atoms with Gasteiger partial charge < -0.3 is 0 Å². The minimum absolute atomic E-state index is 0.153. The number of benzene rings is 1. The van der Waals surface area contributed by atoms with Crippen molar-refractivity contribution < 1.29 is 22.0 Å². The van der Waals surface area contributed by atoms with Gasteiger partial charge in [0.25, 0.3) is 5.56 Å². The summed E-state index contributed by atoms with van der Waals surface area (Å²) in [6, 6.07) is 4.89. The van der Waals surface area contributed by atoms with Crippen LogP contribution in [0.5, 0.6) is 0 Å². The van der Waals surface area contributed by atoms with Crippen LogP contribution in [-0.2, 0) is 6.18 Å². The fraction of sp³-hybridized carbons (Fsp3) is 0.0625. The van der Waals surface area contributed by atoms with Gasteiger partial charge in [-0.2, -0.15) is 23.0 Å². The molecule has 0 unspecified atom stereocenters. The fourth-order valence-electron chi connectivity index (χ4n) is 2.00. The van der Waals surface area contributed by atoms with E-state index in [1.54, 1.807) is 0 Å². The van der Waals surface area contributed by atoms with Crippen molar-refractivity contribution in [1.29, 1.82) is 0 Å². The highest BCUT2D eigenvalue weighted by atomic mass is 35.5. The van der Waals surface area contributed by atoms with Crippen LogP contribution in [0.1, 0.15) is 5.56 Å². The van der Waals surface area contributed by atoms with Crippen LogP contribution in [0.15, 0.2) is 57.3 Å². The molecule has 11 heteroatoms. The van der Waals surface area contributed by atoms with E-state index in [4.69, 9.17) is 11.6 Å². The molecule has 2 aromatic heterocycles. The van der Waals surface area contributed by atoms with Crippen LogP contribution >= 0.6 is 23.4 Å². The maximum absolute atomic E-state index is 13.3. The zero-order chi connectivity index (χ0) is 19.8. The number of hydrogen-bond donors (Lipinski definition) is 0. The third-order valence-corrected chi connectivity index (χ3v) is 4.79. The second-order valence-corrected chi connectivity index (χ2v) is 6.61. The van der Waals surface area contributed by atoms with E-state index in [9.17, 15) is 26.7 Å². The highest BCUT2D eigenvalue weighted by molar-refractivity contribution is 7.99. The molecule has 27 heavy (non-hydrogen) atoms. The molecule has 0 saturated heterocycles. The molecular formula is C16H7ClF5N3OS. The number of halogens is 6. The minimum Gasteiger partial charge on any atom is -0.266 e. The van der Waals surface area contributed by atoms with Gasteiger partial charge in [-0.3, -0.25) is 4.79 Å². The second-order valence-electron chi connectivity index (χ2n) is 5.12. The van der Waals surface area contributed by atoms with E-state index in [1.165, 1.54) is 12.3 Å². The largest absolute Gasteiger partial charge is 0.417 e. The van der Waals surface area contributed by atoms with Gasteiger partial charge in [-0.05, 0) is 30.3 Å². The molecule has 0 spiro atoms. The monoisotopic (exact) mass is 419 g/mol. The lowest BCUT2D eigenvalue weighted by Gasteiger charge is -2.09. The first kappa shape index (κ1) is 19.3. The van der Waals surface area contributed by atoms with Gasteiger partial charge in [0.1, 0.15) is 5.02 Å². The molecule has 0 atom stereocenters. The van der Waals surface area contributed by atoms with Crippen LogP contribution in [0.4, 0.5) is 22.0 Å². The molecule has 0 fully saturated rings. The lowest BCUT2D eigenvalue weighted by Crippen LogP contribution is -2.23. The van der Waals surface area contributed by atoms with Crippen molar-refractivity contribution in [3.8, 4) is 5.82 Å². The van der Waals surface area contributed by atoms with Gasteiger partial charge in [-0.1, -0.05) is 23.4 Å². The SMILES string of the molecule is O=c1c(Cl)c(Sc2ccc(F)c(F)c2)cnn1-c1ccc(C(F)(F)F)cn1. The quantitative estimate of drug-likeness (QED) is 0.576. The summed E-state index contributed by atoms with van der Waals surface area (Å²) in [5, 5.41) is 3.53. The van der Waals surface area contributed by atoms with Crippen molar-refractivity contribution in [3.63, 3.8) is 0 Å². The summed E-state index contributed by atoms with van der Waals surface area (Å²) in [5.41, 5.74) is -1.80. The lowest BCUT2D eigenvalue weighted by molar-refractivity contribution is -0.137. The molecule has 0 bridgehead atoms.